The molecule has 2 unspecified atom stereocenters. The summed E-state index contributed by atoms with van der Waals surface area (Å²) in [5.41, 5.74) is 2.92. The van der Waals surface area contributed by atoms with Gasteiger partial charge in [-0.3, -0.25) is 4.90 Å². The van der Waals surface area contributed by atoms with Gasteiger partial charge in [-0.15, -0.1) is 0 Å². The summed E-state index contributed by atoms with van der Waals surface area (Å²) >= 11 is 0. The molecule has 3 rings (SSSR count). The fourth-order valence-corrected chi connectivity index (χ4v) is 4.00. The van der Waals surface area contributed by atoms with E-state index in [4.69, 9.17) is 0 Å². The quantitative estimate of drug-likeness (QED) is 0.884. The van der Waals surface area contributed by atoms with Gasteiger partial charge in [-0.25, -0.2) is 0 Å². The molecule has 0 aromatic heterocycles. The zero-order chi connectivity index (χ0) is 14.0. The van der Waals surface area contributed by atoms with Crippen LogP contribution in [0.3, 0.4) is 0 Å². The molecule has 1 aliphatic heterocycles. The van der Waals surface area contributed by atoms with Crippen LogP contribution in [0.2, 0.25) is 0 Å². The van der Waals surface area contributed by atoms with E-state index in [1.165, 1.54) is 24.0 Å². The highest BCUT2D eigenvalue weighted by atomic mass is 16.3. The second-order valence-electron chi connectivity index (χ2n) is 6.39. The summed E-state index contributed by atoms with van der Waals surface area (Å²) in [7, 11) is 0. The Morgan fingerprint density at radius 2 is 2.00 bits per heavy atom. The normalized spacial score (nSPS) is 30.4. The number of nitrogens with zero attached hydrogens (tertiary/aromatic N) is 1. The first-order valence-corrected chi connectivity index (χ1v) is 7.93. The molecule has 0 amide bonds. The molecular weight excluding hydrogens is 248 g/mol. The third-order valence-corrected chi connectivity index (χ3v) is 5.06. The Labute approximate surface area is 122 Å². The fraction of sp³-hybridized carbons (Fsp3) is 0.647. The van der Waals surface area contributed by atoms with E-state index in [9.17, 15) is 5.11 Å². The summed E-state index contributed by atoms with van der Waals surface area (Å²) in [5.74, 6) is 0. The summed E-state index contributed by atoms with van der Waals surface area (Å²) in [4.78, 5) is 2.60. The zero-order valence-electron chi connectivity index (χ0n) is 12.4. The highest BCUT2D eigenvalue weighted by Gasteiger charge is 2.38. The van der Waals surface area contributed by atoms with Gasteiger partial charge in [0.1, 0.15) is 0 Å². The van der Waals surface area contributed by atoms with Crippen LogP contribution < -0.4 is 5.32 Å². The van der Waals surface area contributed by atoms with E-state index in [1.54, 1.807) is 0 Å². The lowest BCUT2D eigenvalue weighted by atomic mass is 9.79. The number of aliphatic hydroxyl groups is 1. The van der Waals surface area contributed by atoms with E-state index < -0.39 is 0 Å². The molecule has 0 radical (unpaired) electrons. The van der Waals surface area contributed by atoms with Crippen LogP contribution in [0.1, 0.15) is 43.7 Å². The number of aliphatic hydroxyl groups excluding tert-OH is 1. The van der Waals surface area contributed by atoms with Crippen molar-refractivity contribution in [2.45, 2.75) is 57.3 Å². The first-order valence-electron chi connectivity index (χ1n) is 7.93. The van der Waals surface area contributed by atoms with E-state index in [1.807, 2.05) is 0 Å². The van der Waals surface area contributed by atoms with Gasteiger partial charge in [0.05, 0.1) is 6.61 Å². The number of hydrogen-bond donors (Lipinski definition) is 2. The highest BCUT2D eigenvalue weighted by molar-refractivity contribution is 5.30. The Hall–Kier alpha value is -0.900. The lowest BCUT2D eigenvalue weighted by Crippen LogP contribution is -2.55. The predicted octanol–water partition coefficient (Wildman–Crippen LogP) is 2.29. The first kappa shape index (κ1) is 14.1. The Bertz CT molecular complexity index is 433. The molecule has 1 aromatic carbocycles. The Kier molecular flexibility index (Phi) is 4.11. The summed E-state index contributed by atoms with van der Waals surface area (Å²) in [6, 6.07) is 9.38. The van der Waals surface area contributed by atoms with Crippen LogP contribution in [0.5, 0.6) is 0 Å². The summed E-state index contributed by atoms with van der Waals surface area (Å²) in [6.07, 6.45) is 4.66. The molecule has 0 spiro atoms. The largest absolute Gasteiger partial charge is 0.394 e. The van der Waals surface area contributed by atoms with Crippen LogP contribution in [0.25, 0.3) is 0 Å². The molecule has 2 atom stereocenters. The molecule has 1 heterocycles. The monoisotopic (exact) mass is 274 g/mol. The molecule has 2 aliphatic rings. The maximum Gasteiger partial charge on any atom is 0.0613 e. The van der Waals surface area contributed by atoms with Gasteiger partial charge in [-0.2, -0.15) is 0 Å². The van der Waals surface area contributed by atoms with Crippen molar-refractivity contribution in [1.82, 2.24) is 10.2 Å². The second-order valence-corrected chi connectivity index (χ2v) is 6.39. The van der Waals surface area contributed by atoms with E-state index in [0.29, 0.717) is 6.04 Å². The minimum absolute atomic E-state index is 0.0492. The maximum absolute atomic E-state index is 9.83. The van der Waals surface area contributed by atoms with Crippen molar-refractivity contribution >= 4 is 0 Å². The molecule has 0 saturated heterocycles. The van der Waals surface area contributed by atoms with E-state index in [0.717, 1.165) is 32.5 Å². The number of hydrogen-bond acceptors (Lipinski definition) is 3. The van der Waals surface area contributed by atoms with Crippen molar-refractivity contribution in [1.29, 1.82) is 0 Å². The molecule has 2 N–H and O–H groups in total. The van der Waals surface area contributed by atoms with Crippen LogP contribution in [0.15, 0.2) is 24.3 Å². The number of likely N-dealkylation sites (N-methyl/N-ethyl adjacent to an activating group) is 1. The lowest BCUT2D eigenvalue weighted by Gasteiger charge is -2.43. The van der Waals surface area contributed by atoms with Crippen molar-refractivity contribution in [3.63, 3.8) is 0 Å². The molecule has 1 fully saturated rings. The zero-order valence-corrected chi connectivity index (χ0v) is 12.4. The first-order chi connectivity index (χ1) is 9.76. The molecule has 1 saturated carbocycles. The number of nitrogens with one attached hydrogen (secondary N) is 1. The van der Waals surface area contributed by atoms with Gasteiger partial charge in [0, 0.05) is 24.7 Å². The van der Waals surface area contributed by atoms with E-state index >= 15 is 0 Å². The van der Waals surface area contributed by atoms with E-state index in [-0.39, 0.29) is 12.1 Å². The van der Waals surface area contributed by atoms with Crippen molar-refractivity contribution in [2.75, 3.05) is 13.2 Å². The third kappa shape index (κ3) is 2.62. The smallest absolute Gasteiger partial charge is 0.0613 e. The predicted molar refractivity (Wildman–Crippen MR) is 81.4 cm³/mol. The van der Waals surface area contributed by atoms with Gasteiger partial charge in [0.25, 0.3) is 0 Å². The van der Waals surface area contributed by atoms with Gasteiger partial charge in [-0.1, -0.05) is 31.2 Å². The summed E-state index contributed by atoms with van der Waals surface area (Å²) < 4.78 is 0. The van der Waals surface area contributed by atoms with Crippen LogP contribution in [-0.4, -0.2) is 34.7 Å². The topological polar surface area (TPSA) is 35.5 Å². The minimum atomic E-state index is -0.0492. The van der Waals surface area contributed by atoms with Crippen LogP contribution >= 0.6 is 0 Å². The number of benzene rings is 1. The second kappa shape index (κ2) is 5.84. The molecule has 3 nitrogen and oxygen atoms in total. The average Bonchev–Trinajstić information content (AvgIpc) is 2.92. The van der Waals surface area contributed by atoms with Crippen molar-refractivity contribution in [3.8, 4) is 0 Å². The fourth-order valence-electron chi connectivity index (χ4n) is 4.00. The standard InChI is InChI=1S/C17H26N2O/c1-2-18-17(13-20)9-5-8-16(10-17)19-11-14-6-3-4-7-15(14)12-19/h3-4,6-7,16,18,20H,2,5,8-13H2,1H3. The van der Waals surface area contributed by atoms with Gasteiger partial charge in [0.2, 0.25) is 0 Å². The molecule has 3 heteroatoms. The molecule has 0 bridgehead atoms. The van der Waals surface area contributed by atoms with Gasteiger partial charge < -0.3 is 10.4 Å². The van der Waals surface area contributed by atoms with Gasteiger partial charge in [0.15, 0.2) is 0 Å². The average molecular weight is 274 g/mol. The lowest BCUT2D eigenvalue weighted by molar-refractivity contribution is 0.0587. The van der Waals surface area contributed by atoms with Gasteiger partial charge >= 0.3 is 0 Å². The molecule has 110 valence electrons. The minimum Gasteiger partial charge on any atom is -0.394 e. The van der Waals surface area contributed by atoms with Crippen molar-refractivity contribution < 1.29 is 5.11 Å². The van der Waals surface area contributed by atoms with E-state index in [2.05, 4.69) is 41.4 Å². The van der Waals surface area contributed by atoms with Crippen LogP contribution in [0.4, 0.5) is 0 Å². The van der Waals surface area contributed by atoms with Crippen LogP contribution in [0, 0.1) is 0 Å². The molecule has 1 aromatic rings. The summed E-state index contributed by atoms with van der Waals surface area (Å²) in [6.45, 7) is 5.49. The number of fused-ring (bicyclic) bond motifs is 1. The van der Waals surface area contributed by atoms with Crippen LogP contribution in [-0.2, 0) is 13.1 Å². The van der Waals surface area contributed by atoms with Gasteiger partial charge in [-0.05, 0) is 43.4 Å². The number of rotatable bonds is 4. The third-order valence-electron chi connectivity index (χ3n) is 5.06. The molecule has 1 aliphatic carbocycles. The Balaban J connectivity index is 1.70. The summed E-state index contributed by atoms with van der Waals surface area (Å²) in [5, 5.41) is 13.4. The SMILES string of the molecule is CCNC1(CO)CCCC(N2Cc3ccccc3C2)C1. The Morgan fingerprint density at radius 1 is 1.30 bits per heavy atom. The molecular formula is C17H26N2O. The Morgan fingerprint density at radius 3 is 2.60 bits per heavy atom. The van der Waals surface area contributed by atoms with Crippen molar-refractivity contribution in [3.05, 3.63) is 35.4 Å². The highest BCUT2D eigenvalue weighted by Crippen LogP contribution is 2.35. The molecule has 20 heavy (non-hydrogen) atoms. The van der Waals surface area contributed by atoms with Crippen molar-refractivity contribution in [2.24, 2.45) is 0 Å². The maximum atomic E-state index is 9.83.